The van der Waals surface area contributed by atoms with Gasteiger partial charge in [-0.25, -0.2) is 13.6 Å². The van der Waals surface area contributed by atoms with Gasteiger partial charge in [0.2, 0.25) is 10.0 Å². The number of hydrogen-bond acceptors (Lipinski definition) is 5. The summed E-state index contributed by atoms with van der Waals surface area (Å²) in [6.45, 7) is 0. The molecule has 0 spiro atoms. The summed E-state index contributed by atoms with van der Waals surface area (Å²) in [6, 6.07) is 6.48. The first-order valence-corrected chi connectivity index (χ1v) is 7.89. The average molecular weight is 314 g/mol. The van der Waals surface area contributed by atoms with E-state index < -0.39 is 10.0 Å². The van der Waals surface area contributed by atoms with Crippen molar-refractivity contribution in [2.45, 2.75) is 4.90 Å². The van der Waals surface area contributed by atoms with Crippen molar-refractivity contribution in [3.05, 3.63) is 42.9 Å². The van der Waals surface area contributed by atoms with Crippen molar-refractivity contribution in [1.82, 2.24) is 25.0 Å². The molecule has 0 bridgehead atoms. The lowest BCUT2D eigenvalue weighted by atomic mass is 10.2. The van der Waals surface area contributed by atoms with E-state index in [4.69, 9.17) is 5.14 Å². The fraction of sp³-hybridized carbons (Fsp3) is 0. The number of hydrogen-bond donors (Lipinski definition) is 2. The molecule has 4 rings (SSSR count). The highest BCUT2D eigenvalue weighted by atomic mass is 32.2. The number of nitrogens with zero attached hydrogens (tertiary/aromatic N) is 4. The smallest absolute Gasteiger partial charge is 0.240 e. The molecule has 0 atom stereocenters. The number of nitrogens with two attached hydrogens (primary N) is 1. The lowest BCUT2D eigenvalue weighted by Crippen LogP contribution is -2.15. The van der Waals surface area contributed by atoms with Crippen molar-refractivity contribution in [1.29, 1.82) is 0 Å². The number of H-pyrrole nitrogens is 1. The molecular weight excluding hydrogens is 304 g/mol. The maximum Gasteiger partial charge on any atom is 0.240 e. The van der Waals surface area contributed by atoms with E-state index in [2.05, 4.69) is 20.3 Å². The van der Waals surface area contributed by atoms with Crippen molar-refractivity contribution in [3.8, 4) is 5.69 Å². The number of aromatic nitrogens is 5. The zero-order valence-electron chi connectivity index (χ0n) is 11.1. The third-order valence-electron chi connectivity index (χ3n) is 3.42. The lowest BCUT2D eigenvalue weighted by Gasteiger charge is -2.10. The van der Waals surface area contributed by atoms with Gasteiger partial charge in [0.25, 0.3) is 0 Å². The summed E-state index contributed by atoms with van der Waals surface area (Å²) in [5.74, 6) is 0. The van der Waals surface area contributed by atoms with Gasteiger partial charge in [-0.1, -0.05) is 12.1 Å². The molecule has 3 N–H and O–H groups in total. The first-order chi connectivity index (χ1) is 10.6. The maximum absolute atomic E-state index is 11.8. The Hall–Kier alpha value is -2.78. The van der Waals surface area contributed by atoms with E-state index in [1.54, 1.807) is 41.5 Å². The number of benzene rings is 1. The summed E-state index contributed by atoms with van der Waals surface area (Å²) in [6.07, 6.45) is 4.92. The predicted molar refractivity (Wildman–Crippen MR) is 79.9 cm³/mol. The third kappa shape index (κ3) is 1.80. The topological polar surface area (TPSA) is 120 Å². The minimum atomic E-state index is -3.86. The van der Waals surface area contributed by atoms with E-state index in [1.165, 1.54) is 6.07 Å². The van der Waals surface area contributed by atoms with Crippen molar-refractivity contribution in [2.24, 2.45) is 5.14 Å². The van der Waals surface area contributed by atoms with Crippen LogP contribution in [-0.2, 0) is 10.0 Å². The summed E-state index contributed by atoms with van der Waals surface area (Å²) >= 11 is 0. The van der Waals surface area contributed by atoms with Gasteiger partial charge in [0.15, 0.2) is 0 Å². The standard InChI is InChI=1S/C13H10N6O2S/c14-22(20,21)12-4-2-1-3-11(12)19-13-8-5-16-18-9(8)6-15-10(13)7-17-19/h1-7,17H,(H2,14,20,21). The predicted octanol–water partition coefficient (Wildman–Crippen LogP) is 0.944. The van der Waals surface area contributed by atoms with E-state index in [0.717, 1.165) is 5.39 Å². The van der Waals surface area contributed by atoms with Crippen LogP contribution in [0.5, 0.6) is 0 Å². The Labute approximate surface area is 124 Å². The van der Waals surface area contributed by atoms with Crippen LogP contribution in [0.1, 0.15) is 0 Å². The summed E-state index contributed by atoms with van der Waals surface area (Å²) in [7, 11) is -3.86. The Kier molecular flexibility index (Phi) is 2.56. The van der Waals surface area contributed by atoms with Crippen LogP contribution in [0, 0.1) is 0 Å². The molecule has 0 aliphatic carbocycles. The van der Waals surface area contributed by atoms with Crippen LogP contribution in [0.15, 0.2) is 47.8 Å². The monoisotopic (exact) mass is 314 g/mol. The number of aromatic amines is 1. The largest absolute Gasteiger partial charge is 0.299 e. The average Bonchev–Trinajstić information content (AvgIpc) is 3.12. The molecule has 0 saturated heterocycles. The van der Waals surface area contributed by atoms with Crippen LogP contribution < -0.4 is 5.14 Å². The van der Waals surface area contributed by atoms with Crippen molar-refractivity contribution < 1.29 is 8.42 Å². The van der Waals surface area contributed by atoms with Gasteiger partial charge in [0.05, 0.1) is 23.5 Å². The highest BCUT2D eigenvalue weighted by molar-refractivity contribution is 7.89. The van der Waals surface area contributed by atoms with Gasteiger partial charge in [0.1, 0.15) is 21.4 Å². The molecule has 0 fully saturated rings. The van der Waals surface area contributed by atoms with E-state index in [-0.39, 0.29) is 4.90 Å². The van der Waals surface area contributed by atoms with Crippen LogP contribution in [0.4, 0.5) is 0 Å². The Morgan fingerprint density at radius 3 is 2.77 bits per heavy atom. The highest BCUT2D eigenvalue weighted by Crippen LogP contribution is 2.26. The molecule has 9 heteroatoms. The normalized spacial score (nSPS) is 12.2. The molecule has 0 amide bonds. The van der Waals surface area contributed by atoms with Crippen LogP contribution in [0.25, 0.3) is 27.6 Å². The van der Waals surface area contributed by atoms with Gasteiger partial charge in [-0.15, -0.1) is 5.10 Å². The minimum absolute atomic E-state index is 0.0215. The number of fused-ring (bicyclic) bond motifs is 3. The molecule has 0 radical (unpaired) electrons. The molecule has 1 aromatic carbocycles. The van der Waals surface area contributed by atoms with Crippen molar-refractivity contribution in [2.75, 3.05) is 0 Å². The van der Waals surface area contributed by atoms with Gasteiger partial charge >= 0.3 is 0 Å². The summed E-state index contributed by atoms with van der Waals surface area (Å²) in [5.41, 5.74) is 2.41. The molecule has 4 aromatic rings. The fourth-order valence-electron chi connectivity index (χ4n) is 2.48. The van der Waals surface area contributed by atoms with Crippen LogP contribution in [0.3, 0.4) is 0 Å². The Morgan fingerprint density at radius 2 is 1.95 bits per heavy atom. The SMILES string of the molecule is NS(=O)(=O)c1ccccc1-n1[nH]cc2ncc3nncc3c21. The highest BCUT2D eigenvalue weighted by Gasteiger charge is 2.18. The molecule has 0 unspecified atom stereocenters. The molecule has 0 aliphatic heterocycles. The second-order valence-corrected chi connectivity index (χ2v) is 6.29. The Balaban J connectivity index is 2.14. The molecular formula is C13H10N6O2S. The Bertz CT molecular complexity index is 1110. The molecule has 0 saturated carbocycles. The number of nitrogens with one attached hydrogen (secondary N) is 1. The minimum Gasteiger partial charge on any atom is -0.299 e. The zero-order chi connectivity index (χ0) is 15.3. The van der Waals surface area contributed by atoms with Gasteiger partial charge < -0.3 is 0 Å². The second-order valence-electron chi connectivity index (χ2n) is 4.76. The molecule has 110 valence electrons. The van der Waals surface area contributed by atoms with Gasteiger partial charge in [0, 0.05) is 6.20 Å². The quantitative estimate of drug-likeness (QED) is 0.570. The molecule has 0 aliphatic rings. The first-order valence-electron chi connectivity index (χ1n) is 6.34. The second kappa shape index (κ2) is 4.36. The van der Waals surface area contributed by atoms with E-state index in [9.17, 15) is 8.42 Å². The van der Waals surface area contributed by atoms with Gasteiger partial charge in [-0.3, -0.25) is 14.8 Å². The van der Waals surface area contributed by atoms with Crippen LogP contribution >= 0.6 is 0 Å². The van der Waals surface area contributed by atoms with Crippen molar-refractivity contribution >= 4 is 32.0 Å². The Morgan fingerprint density at radius 1 is 1.14 bits per heavy atom. The first kappa shape index (κ1) is 12.9. The van der Waals surface area contributed by atoms with Gasteiger partial charge in [-0.05, 0) is 12.1 Å². The zero-order valence-corrected chi connectivity index (χ0v) is 11.9. The van der Waals surface area contributed by atoms with Crippen molar-refractivity contribution in [3.63, 3.8) is 0 Å². The van der Waals surface area contributed by atoms with E-state index >= 15 is 0 Å². The molecule has 22 heavy (non-hydrogen) atoms. The lowest BCUT2D eigenvalue weighted by molar-refractivity contribution is 0.597. The maximum atomic E-state index is 11.8. The fourth-order valence-corrected chi connectivity index (χ4v) is 3.20. The van der Waals surface area contributed by atoms with Crippen LogP contribution in [-0.4, -0.2) is 33.4 Å². The number of para-hydroxylation sites is 1. The summed E-state index contributed by atoms with van der Waals surface area (Å²) in [4.78, 5) is 4.31. The number of sulfonamides is 1. The molecule has 3 aromatic heterocycles. The number of pyridine rings is 1. The van der Waals surface area contributed by atoms with Crippen LogP contribution in [0.2, 0.25) is 0 Å². The number of rotatable bonds is 2. The van der Waals surface area contributed by atoms with E-state index in [1.807, 2.05) is 0 Å². The summed E-state index contributed by atoms with van der Waals surface area (Å²) in [5, 5.41) is 16.9. The molecule has 3 heterocycles. The molecule has 8 nitrogen and oxygen atoms in total. The summed E-state index contributed by atoms with van der Waals surface area (Å²) < 4.78 is 25.2. The van der Waals surface area contributed by atoms with Gasteiger partial charge in [-0.2, -0.15) is 5.10 Å². The van der Waals surface area contributed by atoms with E-state index in [0.29, 0.717) is 22.2 Å². The third-order valence-corrected chi connectivity index (χ3v) is 4.38. The number of primary sulfonamides is 1.